The third kappa shape index (κ3) is 4.03. The lowest BCUT2D eigenvalue weighted by atomic mass is 9.97. The van der Waals surface area contributed by atoms with Gasteiger partial charge in [-0.3, -0.25) is 9.59 Å². The van der Waals surface area contributed by atoms with Crippen LogP contribution in [0.1, 0.15) is 55.3 Å². The van der Waals surface area contributed by atoms with E-state index in [9.17, 15) is 14.7 Å². The number of carbonyl (C=O) groups excluding carboxylic acids is 2. The molecular weight excluding hydrogens is 316 g/mol. The summed E-state index contributed by atoms with van der Waals surface area (Å²) in [6.07, 6.45) is 6.11. The second kappa shape index (κ2) is 7.56. The van der Waals surface area contributed by atoms with Crippen molar-refractivity contribution in [1.82, 2.24) is 9.80 Å². The van der Waals surface area contributed by atoms with Crippen LogP contribution in [0.15, 0.2) is 30.3 Å². The van der Waals surface area contributed by atoms with Gasteiger partial charge in [-0.2, -0.15) is 0 Å². The molecule has 2 fully saturated rings. The molecule has 5 heteroatoms. The monoisotopic (exact) mass is 344 g/mol. The second-order valence-corrected chi connectivity index (χ2v) is 7.50. The van der Waals surface area contributed by atoms with Gasteiger partial charge in [-0.1, -0.05) is 31.0 Å². The molecule has 2 aliphatic rings. The summed E-state index contributed by atoms with van der Waals surface area (Å²) in [5, 5.41) is 10.6. The van der Waals surface area contributed by atoms with Gasteiger partial charge < -0.3 is 14.9 Å². The molecule has 1 saturated carbocycles. The minimum Gasteiger partial charge on any atom is -0.388 e. The van der Waals surface area contributed by atoms with E-state index in [0.29, 0.717) is 25.1 Å². The summed E-state index contributed by atoms with van der Waals surface area (Å²) in [6, 6.07) is 8.74. The summed E-state index contributed by atoms with van der Waals surface area (Å²) in [6.45, 7) is 0.970. The highest BCUT2D eigenvalue weighted by Gasteiger charge is 2.38. The van der Waals surface area contributed by atoms with E-state index in [0.717, 1.165) is 38.5 Å². The maximum absolute atomic E-state index is 13.0. The van der Waals surface area contributed by atoms with E-state index in [-0.39, 0.29) is 11.8 Å². The molecule has 25 heavy (non-hydrogen) atoms. The van der Waals surface area contributed by atoms with Crippen molar-refractivity contribution >= 4 is 11.8 Å². The number of likely N-dealkylation sites (N-methyl/N-ethyl adjacent to an activating group) is 1. The molecular formula is C20H28N2O3. The Morgan fingerprint density at radius 3 is 2.52 bits per heavy atom. The smallest absolute Gasteiger partial charge is 0.254 e. The number of carbonyl (C=O) groups is 2. The van der Waals surface area contributed by atoms with Crippen LogP contribution in [0.3, 0.4) is 0 Å². The predicted octanol–water partition coefficient (Wildman–Crippen LogP) is 2.44. The minimum absolute atomic E-state index is 0.0516. The Morgan fingerprint density at radius 2 is 1.84 bits per heavy atom. The Hall–Kier alpha value is -1.88. The van der Waals surface area contributed by atoms with Gasteiger partial charge in [0.05, 0.1) is 5.60 Å². The van der Waals surface area contributed by atoms with Crippen molar-refractivity contribution in [2.45, 2.75) is 56.6 Å². The van der Waals surface area contributed by atoms with Crippen LogP contribution in [0.2, 0.25) is 0 Å². The lowest BCUT2D eigenvalue weighted by Gasteiger charge is -2.38. The molecule has 1 aliphatic carbocycles. The van der Waals surface area contributed by atoms with Gasteiger partial charge in [-0.05, 0) is 44.2 Å². The third-order valence-electron chi connectivity index (χ3n) is 5.51. The molecule has 0 aromatic heterocycles. The molecule has 136 valence electrons. The van der Waals surface area contributed by atoms with Crippen LogP contribution in [-0.4, -0.2) is 58.5 Å². The SMILES string of the molecule is CN(CC1(O)CCCC1)C(=O)C1CCCCN1C(=O)c1ccccc1. The van der Waals surface area contributed by atoms with Crippen LogP contribution in [0.25, 0.3) is 0 Å². The maximum atomic E-state index is 13.0. The topological polar surface area (TPSA) is 60.9 Å². The summed E-state index contributed by atoms with van der Waals surface area (Å²) in [5.74, 6) is -0.129. The van der Waals surface area contributed by atoms with Gasteiger partial charge in [-0.25, -0.2) is 0 Å². The van der Waals surface area contributed by atoms with Gasteiger partial charge in [0.25, 0.3) is 5.91 Å². The number of likely N-dealkylation sites (tertiary alicyclic amines) is 1. The summed E-state index contributed by atoms with van der Waals surface area (Å²) >= 11 is 0. The molecule has 2 amide bonds. The van der Waals surface area contributed by atoms with E-state index in [1.165, 1.54) is 0 Å². The zero-order chi connectivity index (χ0) is 17.9. The van der Waals surface area contributed by atoms with Crippen molar-refractivity contribution in [1.29, 1.82) is 0 Å². The van der Waals surface area contributed by atoms with E-state index in [2.05, 4.69) is 0 Å². The van der Waals surface area contributed by atoms with Crippen LogP contribution in [-0.2, 0) is 4.79 Å². The third-order valence-corrected chi connectivity index (χ3v) is 5.51. The lowest BCUT2D eigenvalue weighted by molar-refractivity contribution is -0.139. The number of hydrogen-bond acceptors (Lipinski definition) is 3. The molecule has 1 aromatic rings. The van der Waals surface area contributed by atoms with Gasteiger partial charge >= 0.3 is 0 Å². The number of benzene rings is 1. The van der Waals surface area contributed by atoms with Gasteiger partial charge in [0, 0.05) is 25.7 Å². The molecule has 1 N–H and O–H groups in total. The molecule has 1 aromatic carbocycles. The molecule has 5 nitrogen and oxygen atoms in total. The number of amides is 2. The molecule has 0 bridgehead atoms. The van der Waals surface area contributed by atoms with Crippen molar-refractivity contribution in [3.05, 3.63) is 35.9 Å². The van der Waals surface area contributed by atoms with Crippen molar-refractivity contribution in [2.24, 2.45) is 0 Å². The summed E-state index contributed by atoms with van der Waals surface area (Å²) < 4.78 is 0. The fraction of sp³-hybridized carbons (Fsp3) is 0.600. The summed E-state index contributed by atoms with van der Waals surface area (Å²) in [4.78, 5) is 29.2. The van der Waals surface area contributed by atoms with Crippen LogP contribution >= 0.6 is 0 Å². The van der Waals surface area contributed by atoms with Gasteiger partial charge in [0.15, 0.2) is 0 Å². The molecule has 1 heterocycles. The molecule has 0 radical (unpaired) electrons. The largest absolute Gasteiger partial charge is 0.388 e. The second-order valence-electron chi connectivity index (χ2n) is 7.50. The fourth-order valence-corrected chi connectivity index (χ4v) is 4.14. The molecule has 1 unspecified atom stereocenters. The molecule has 1 aliphatic heterocycles. The quantitative estimate of drug-likeness (QED) is 0.913. The van der Waals surface area contributed by atoms with E-state index in [1.54, 1.807) is 29.0 Å². The average Bonchev–Trinajstić information content (AvgIpc) is 3.07. The van der Waals surface area contributed by atoms with E-state index in [4.69, 9.17) is 0 Å². The Labute approximate surface area is 149 Å². The van der Waals surface area contributed by atoms with Crippen LogP contribution in [0, 0.1) is 0 Å². The average molecular weight is 344 g/mol. The molecule has 0 spiro atoms. The first-order valence-corrected chi connectivity index (χ1v) is 9.34. The summed E-state index contributed by atoms with van der Waals surface area (Å²) in [7, 11) is 1.75. The van der Waals surface area contributed by atoms with Crippen LogP contribution in [0.4, 0.5) is 0 Å². The Balaban J connectivity index is 1.71. The lowest BCUT2D eigenvalue weighted by Crippen LogP contribution is -2.54. The van der Waals surface area contributed by atoms with E-state index >= 15 is 0 Å². The van der Waals surface area contributed by atoms with Crippen LogP contribution < -0.4 is 0 Å². The minimum atomic E-state index is -0.757. The molecule has 3 rings (SSSR count). The molecule has 1 saturated heterocycles. The molecule has 1 atom stereocenters. The zero-order valence-corrected chi connectivity index (χ0v) is 15.0. The van der Waals surface area contributed by atoms with Gasteiger partial charge in [0.1, 0.15) is 6.04 Å². The Morgan fingerprint density at radius 1 is 1.16 bits per heavy atom. The first kappa shape index (κ1) is 17.9. The number of rotatable bonds is 4. The Bertz CT molecular complexity index is 611. The van der Waals surface area contributed by atoms with Crippen molar-refractivity contribution < 1.29 is 14.7 Å². The highest BCUT2D eigenvalue weighted by Crippen LogP contribution is 2.30. The Kier molecular flexibility index (Phi) is 5.42. The van der Waals surface area contributed by atoms with Crippen molar-refractivity contribution in [3.63, 3.8) is 0 Å². The first-order chi connectivity index (χ1) is 12.0. The van der Waals surface area contributed by atoms with Gasteiger partial charge in [0.2, 0.25) is 5.91 Å². The number of piperidine rings is 1. The summed E-state index contributed by atoms with van der Waals surface area (Å²) in [5.41, 5.74) is -0.132. The number of hydrogen-bond donors (Lipinski definition) is 1. The fourth-order valence-electron chi connectivity index (χ4n) is 4.14. The van der Waals surface area contributed by atoms with Gasteiger partial charge in [-0.15, -0.1) is 0 Å². The van der Waals surface area contributed by atoms with E-state index < -0.39 is 11.6 Å². The highest BCUT2D eigenvalue weighted by molar-refractivity contribution is 5.97. The zero-order valence-electron chi connectivity index (χ0n) is 15.0. The highest BCUT2D eigenvalue weighted by atomic mass is 16.3. The van der Waals surface area contributed by atoms with Crippen molar-refractivity contribution in [3.8, 4) is 0 Å². The van der Waals surface area contributed by atoms with Crippen LogP contribution in [0.5, 0.6) is 0 Å². The standard InChI is InChI=1S/C20H28N2O3/c1-21(15-20(25)12-6-7-13-20)19(24)17-11-5-8-14-22(17)18(23)16-9-3-2-4-10-16/h2-4,9-10,17,25H,5-8,11-15H2,1H3. The normalized spacial score (nSPS) is 22.6. The first-order valence-electron chi connectivity index (χ1n) is 9.34. The van der Waals surface area contributed by atoms with Crippen molar-refractivity contribution in [2.75, 3.05) is 20.1 Å². The number of nitrogens with zero attached hydrogens (tertiary/aromatic N) is 2. The maximum Gasteiger partial charge on any atom is 0.254 e. The number of aliphatic hydroxyl groups is 1. The van der Waals surface area contributed by atoms with E-state index in [1.807, 2.05) is 18.2 Å². The predicted molar refractivity (Wildman–Crippen MR) is 96.2 cm³/mol.